The van der Waals surface area contributed by atoms with Crippen LogP contribution in [0.3, 0.4) is 0 Å². The van der Waals surface area contributed by atoms with Gasteiger partial charge in [0.2, 0.25) is 0 Å². The van der Waals surface area contributed by atoms with Crippen molar-refractivity contribution in [1.29, 1.82) is 0 Å². The molecule has 0 saturated heterocycles. The summed E-state index contributed by atoms with van der Waals surface area (Å²) in [5, 5.41) is 2.11. The fraction of sp³-hybridized carbons (Fsp3) is 0.400. The van der Waals surface area contributed by atoms with Crippen LogP contribution in [0.2, 0.25) is 0 Å². The summed E-state index contributed by atoms with van der Waals surface area (Å²) in [5.74, 6) is -0.560. The normalized spacial score (nSPS) is 20.3. The van der Waals surface area contributed by atoms with Gasteiger partial charge in [-0.2, -0.15) is 0 Å². The smallest absolute Gasteiger partial charge is 0.309 e. The Morgan fingerprint density at radius 2 is 1.92 bits per heavy atom. The van der Waals surface area contributed by atoms with Gasteiger partial charge in [-0.05, 0) is 16.8 Å². The second-order valence-electron chi connectivity index (χ2n) is 6.39. The van der Waals surface area contributed by atoms with Crippen molar-refractivity contribution >= 4 is 22.7 Å². The van der Waals surface area contributed by atoms with Gasteiger partial charge in [-0.15, -0.1) is 0 Å². The van der Waals surface area contributed by atoms with E-state index in [1.54, 1.807) is 0 Å². The van der Waals surface area contributed by atoms with Gasteiger partial charge in [0, 0.05) is 17.4 Å². The predicted octanol–water partition coefficient (Wildman–Crippen LogP) is 3.30. The summed E-state index contributed by atoms with van der Waals surface area (Å²) >= 11 is 0. The van der Waals surface area contributed by atoms with E-state index in [1.807, 2.05) is 43.3 Å². The first-order valence-electron chi connectivity index (χ1n) is 8.36. The van der Waals surface area contributed by atoms with E-state index in [4.69, 9.17) is 14.2 Å². The van der Waals surface area contributed by atoms with Gasteiger partial charge in [0.25, 0.3) is 0 Å². The zero-order valence-electron chi connectivity index (χ0n) is 14.7. The number of fused-ring (bicyclic) bond motifs is 3. The largest absolute Gasteiger partial charge is 0.493 e. The van der Waals surface area contributed by atoms with Crippen LogP contribution in [0.25, 0.3) is 10.8 Å². The van der Waals surface area contributed by atoms with Gasteiger partial charge < -0.3 is 14.2 Å². The number of hydrogen-bond acceptors (Lipinski definition) is 5. The summed E-state index contributed by atoms with van der Waals surface area (Å²) in [6.45, 7) is 2.21. The lowest BCUT2D eigenvalue weighted by atomic mass is 9.73. The number of esters is 2. The third-order valence-electron chi connectivity index (χ3n) is 4.99. The summed E-state index contributed by atoms with van der Waals surface area (Å²) in [4.78, 5) is 24.1. The van der Waals surface area contributed by atoms with E-state index in [1.165, 1.54) is 14.2 Å². The van der Waals surface area contributed by atoms with Gasteiger partial charge in [0.15, 0.2) is 0 Å². The van der Waals surface area contributed by atoms with Gasteiger partial charge in [-0.1, -0.05) is 37.3 Å². The summed E-state index contributed by atoms with van der Waals surface area (Å²) in [6.07, 6.45) is 0.200. The highest BCUT2D eigenvalue weighted by molar-refractivity contribution is 5.89. The van der Waals surface area contributed by atoms with Gasteiger partial charge in [-0.3, -0.25) is 9.59 Å². The van der Waals surface area contributed by atoms with Crippen molar-refractivity contribution in [3.8, 4) is 5.75 Å². The minimum absolute atomic E-state index is 0.153. The highest BCUT2D eigenvalue weighted by Crippen LogP contribution is 2.46. The molecule has 1 aliphatic heterocycles. The van der Waals surface area contributed by atoms with Crippen LogP contribution in [0, 0.1) is 11.8 Å². The van der Waals surface area contributed by atoms with E-state index in [-0.39, 0.29) is 30.2 Å². The molecule has 3 unspecified atom stereocenters. The van der Waals surface area contributed by atoms with Crippen LogP contribution in [0.4, 0.5) is 0 Å². The summed E-state index contributed by atoms with van der Waals surface area (Å²) in [7, 11) is 2.76. The molecular weight excluding hydrogens is 320 g/mol. The van der Waals surface area contributed by atoms with Gasteiger partial charge >= 0.3 is 11.9 Å². The SMILES string of the molecule is COC(=O)CC1COc2ccc3ccccc3c2C1C(C)C(=O)OC. The van der Waals surface area contributed by atoms with Crippen molar-refractivity contribution in [3.63, 3.8) is 0 Å². The van der Waals surface area contributed by atoms with E-state index < -0.39 is 5.92 Å². The highest BCUT2D eigenvalue weighted by Gasteiger charge is 2.40. The molecule has 1 aliphatic rings. The Morgan fingerprint density at radius 1 is 1.16 bits per heavy atom. The molecule has 0 N–H and O–H groups in total. The number of hydrogen-bond donors (Lipinski definition) is 0. The maximum Gasteiger partial charge on any atom is 0.309 e. The number of carbonyl (C=O) groups is 2. The molecule has 5 nitrogen and oxygen atoms in total. The van der Waals surface area contributed by atoms with Gasteiger partial charge in [-0.25, -0.2) is 0 Å². The zero-order valence-corrected chi connectivity index (χ0v) is 14.7. The van der Waals surface area contributed by atoms with Crippen molar-refractivity contribution in [1.82, 2.24) is 0 Å². The molecule has 0 amide bonds. The number of carbonyl (C=O) groups excluding carboxylic acids is 2. The molecule has 0 fully saturated rings. The van der Waals surface area contributed by atoms with Crippen molar-refractivity contribution < 1.29 is 23.8 Å². The first kappa shape index (κ1) is 17.3. The molecule has 0 spiro atoms. The second kappa shape index (κ2) is 7.13. The molecule has 0 saturated carbocycles. The molecule has 132 valence electrons. The van der Waals surface area contributed by atoms with Crippen molar-refractivity contribution in [3.05, 3.63) is 42.0 Å². The lowest BCUT2D eigenvalue weighted by Gasteiger charge is -2.36. The molecule has 0 radical (unpaired) electrons. The topological polar surface area (TPSA) is 61.8 Å². The lowest BCUT2D eigenvalue weighted by molar-refractivity contribution is -0.148. The zero-order chi connectivity index (χ0) is 18.0. The molecule has 5 heteroatoms. The Kier molecular flexibility index (Phi) is 4.93. The Bertz CT molecular complexity index is 798. The van der Waals surface area contributed by atoms with Crippen LogP contribution >= 0.6 is 0 Å². The Morgan fingerprint density at radius 3 is 2.64 bits per heavy atom. The fourth-order valence-electron chi connectivity index (χ4n) is 3.76. The van der Waals surface area contributed by atoms with Crippen molar-refractivity contribution in [2.45, 2.75) is 19.3 Å². The molecule has 0 bridgehead atoms. The summed E-state index contributed by atoms with van der Waals surface area (Å²) in [5.41, 5.74) is 0.969. The van der Waals surface area contributed by atoms with Crippen LogP contribution in [-0.4, -0.2) is 32.8 Å². The van der Waals surface area contributed by atoms with E-state index in [0.717, 1.165) is 22.1 Å². The molecule has 3 rings (SSSR count). The third kappa shape index (κ3) is 3.18. The predicted molar refractivity (Wildman–Crippen MR) is 93.5 cm³/mol. The Hall–Kier alpha value is -2.56. The van der Waals surface area contributed by atoms with Crippen molar-refractivity contribution in [2.24, 2.45) is 11.8 Å². The molecule has 25 heavy (non-hydrogen) atoms. The third-order valence-corrected chi connectivity index (χ3v) is 4.99. The molecular formula is C20H22O5. The molecule has 3 atom stereocenters. The maximum absolute atomic E-state index is 12.3. The van der Waals surface area contributed by atoms with E-state index in [0.29, 0.717) is 6.61 Å². The Labute approximate surface area is 146 Å². The minimum atomic E-state index is -0.395. The molecule has 0 aromatic heterocycles. The van der Waals surface area contributed by atoms with Crippen LogP contribution in [0.15, 0.2) is 36.4 Å². The number of rotatable bonds is 4. The van der Waals surface area contributed by atoms with Crippen LogP contribution in [0.5, 0.6) is 5.75 Å². The van der Waals surface area contributed by atoms with Gasteiger partial charge in [0.1, 0.15) is 5.75 Å². The van der Waals surface area contributed by atoms with Crippen LogP contribution in [0.1, 0.15) is 24.8 Å². The highest BCUT2D eigenvalue weighted by atomic mass is 16.5. The minimum Gasteiger partial charge on any atom is -0.493 e. The monoisotopic (exact) mass is 342 g/mol. The maximum atomic E-state index is 12.3. The fourth-order valence-corrected chi connectivity index (χ4v) is 3.76. The lowest BCUT2D eigenvalue weighted by Crippen LogP contribution is -2.35. The molecule has 2 aromatic rings. The molecule has 2 aromatic carbocycles. The first-order chi connectivity index (χ1) is 12.1. The standard InChI is InChI=1S/C20H22O5/c1-12(20(22)24-3)18-14(10-17(21)23-2)11-25-16-9-8-13-6-4-5-7-15(13)19(16)18/h4-9,12,14,18H,10-11H2,1-3H3. The first-order valence-corrected chi connectivity index (χ1v) is 8.36. The summed E-state index contributed by atoms with van der Waals surface area (Å²) in [6, 6.07) is 11.9. The average Bonchev–Trinajstić information content (AvgIpc) is 2.66. The van der Waals surface area contributed by atoms with Crippen LogP contribution in [-0.2, 0) is 19.1 Å². The van der Waals surface area contributed by atoms with E-state index >= 15 is 0 Å². The number of benzene rings is 2. The molecule has 0 aliphatic carbocycles. The molecule has 1 heterocycles. The number of ether oxygens (including phenoxy) is 3. The van der Waals surface area contributed by atoms with Gasteiger partial charge in [0.05, 0.1) is 33.2 Å². The number of methoxy groups -OCH3 is 2. The van der Waals surface area contributed by atoms with E-state index in [9.17, 15) is 9.59 Å². The summed E-state index contributed by atoms with van der Waals surface area (Å²) < 4.78 is 15.7. The quantitative estimate of drug-likeness (QED) is 0.798. The average molecular weight is 342 g/mol. The second-order valence-corrected chi connectivity index (χ2v) is 6.39. The Balaban J connectivity index is 2.14. The van der Waals surface area contributed by atoms with E-state index in [2.05, 4.69) is 0 Å². The van der Waals surface area contributed by atoms with Crippen molar-refractivity contribution in [2.75, 3.05) is 20.8 Å². The van der Waals surface area contributed by atoms with Crippen LogP contribution < -0.4 is 4.74 Å².